The van der Waals surface area contributed by atoms with Crippen LogP contribution in [-0.2, 0) is 16.1 Å². The van der Waals surface area contributed by atoms with Gasteiger partial charge >= 0.3 is 0 Å². The number of benzene rings is 2. The molecule has 0 spiro atoms. The van der Waals surface area contributed by atoms with Gasteiger partial charge in [-0.3, -0.25) is 14.5 Å². The number of nitrogens with zero attached hydrogens (tertiary/aromatic N) is 3. The fourth-order valence-electron chi connectivity index (χ4n) is 5.49. The number of methoxy groups -OCH3 is 1. The smallest absolute Gasteiger partial charge is 0.222 e. The molecule has 0 aromatic heterocycles. The van der Waals surface area contributed by atoms with E-state index in [1.807, 2.05) is 54.3 Å². The highest BCUT2D eigenvalue weighted by molar-refractivity contribution is 5.76. The van der Waals surface area contributed by atoms with Crippen LogP contribution >= 0.6 is 0 Å². The first-order valence-corrected chi connectivity index (χ1v) is 14.7. The third kappa shape index (κ3) is 9.10. The Balaban J connectivity index is 1.38. The van der Waals surface area contributed by atoms with Gasteiger partial charge in [-0.1, -0.05) is 30.2 Å². The van der Waals surface area contributed by atoms with Crippen LogP contribution in [0.1, 0.15) is 50.2 Å². The Morgan fingerprint density at radius 3 is 2.54 bits per heavy atom. The number of β-amino-alcohol motifs (C(OH)–C–C–N with tert-alkyl or cyclic N) is 1. The summed E-state index contributed by atoms with van der Waals surface area (Å²) in [5.41, 5.74) is 0.917. The molecule has 4 rings (SSSR count). The lowest BCUT2D eigenvalue weighted by Crippen LogP contribution is -2.51. The van der Waals surface area contributed by atoms with Crippen LogP contribution in [0, 0.1) is 6.92 Å². The maximum absolute atomic E-state index is 12.3. The SMILES string of the molecule is COc1ccc(CN2CCN(C(C)=O)CC(O)(COc3ccc(C)cc3)C2)cc1OCCCN1CCCCCC1=O. The summed E-state index contributed by atoms with van der Waals surface area (Å²) in [7, 11) is 1.62. The average Bonchev–Trinajstić information content (AvgIpc) is 3.26. The Kier molecular flexibility index (Phi) is 10.9. The summed E-state index contributed by atoms with van der Waals surface area (Å²) < 4.78 is 17.6. The summed E-state index contributed by atoms with van der Waals surface area (Å²) >= 11 is 0. The summed E-state index contributed by atoms with van der Waals surface area (Å²) in [5.74, 6) is 2.17. The van der Waals surface area contributed by atoms with Crippen molar-refractivity contribution in [1.29, 1.82) is 0 Å². The highest BCUT2D eigenvalue weighted by Gasteiger charge is 2.37. The third-order valence-corrected chi connectivity index (χ3v) is 7.80. The second-order valence-electron chi connectivity index (χ2n) is 11.4. The molecule has 1 atom stereocenters. The molecule has 224 valence electrons. The van der Waals surface area contributed by atoms with E-state index >= 15 is 0 Å². The average molecular weight is 568 g/mol. The summed E-state index contributed by atoms with van der Waals surface area (Å²) in [6.07, 6.45) is 4.56. The Bertz CT molecular complexity index is 1160. The zero-order valence-corrected chi connectivity index (χ0v) is 24.8. The van der Waals surface area contributed by atoms with Gasteiger partial charge in [-0.05, 0) is 56.0 Å². The molecule has 2 heterocycles. The molecular weight excluding hydrogens is 522 g/mol. The van der Waals surface area contributed by atoms with Crippen LogP contribution in [0.5, 0.6) is 17.2 Å². The molecule has 2 amide bonds. The highest BCUT2D eigenvalue weighted by atomic mass is 16.5. The highest BCUT2D eigenvalue weighted by Crippen LogP contribution is 2.29. The molecule has 0 aliphatic carbocycles. The first kappa shape index (κ1) is 30.7. The Labute approximate surface area is 244 Å². The molecule has 2 aliphatic heterocycles. The molecule has 2 aliphatic rings. The van der Waals surface area contributed by atoms with Gasteiger partial charge < -0.3 is 29.1 Å². The molecular formula is C32H45N3O6. The van der Waals surface area contributed by atoms with E-state index in [0.717, 1.165) is 43.4 Å². The lowest BCUT2D eigenvalue weighted by molar-refractivity contribution is -0.132. The monoisotopic (exact) mass is 567 g/mol. The van der Waals surface area contributed by atoms with Gasteiger partial charge in [0.25, 0.3) is 0 Å². The predicted octanol–water partition coefficient (Wildman–Crippen LogP) is 3.65. The maximum atomic E-state index is 12.3. The molecule has 2 fully saturated rings. The fourth-order valence-corrected chi connectivity index (χ4v) is 5.49. The lowest BCUT2D eigenvalue weighted by Gasteiger charge is -2.32. The molecule has 1 N–H and O–H groups in total. The van der Waals surface area contributed by atoms with Crippen molar-refractivity contribution in [1.82, 2.24) is 14.7 Å². The van der Waals surface area contributed by atoms with Gasteiger partial charge in [0.15, 0.2) is 11.5 Å². The zero-order valence-electron chi connectivity index (χ0n) is 24.8. The Morgan fingerprint density at radius 1 is 0.976 bits per heavy atom. The van der Waals surface area contributed by atoms with Crippen LogP contribution in [0.2, 0.25) is 0 Å². The molecule has 2 aromatic rings. The number of ether oxygens (including phenoxy) is 3. The van der Waals surface area contributed by atoms with Crippen molar-refractivity contribution >= 4 is 11.8 Å². The molecule has 0 radical (unpaired) electrons. The van der Waals surface area contributed by atoms with Crippen molar-refractivity contribution in [3.05, 3.63) is 53.6 Å². The number of carbonyl (C=O) groups excluding carboxylic acids is 2. The van der Waals surface area contributed by atoms with Crippen LogP contribution in [0.4, 0.5) is 0 Å². The number of aliphatic hydroxyl groups is 1. The van der Waals surface area contributed by atoms with E-state index in [1.165, 1.54) is 6.92 Å². The summed E-state index contributed by atoms with van der Waals surface area (Å²) in [6, 6.07) is 13.6. The van der Waals surface area contributed by atoms with E-state index in [9.17, 15) is 14.7 Å². The summed E-state index contributed by atoms with van der Waals surface area (Å²) in [6.45, 7) is 7.92. The standard InChI is InChI=1S/C32H45N3O6/c1-25-9-12-28(13-10-25)41-24-32(38)22-33(17-18-35(23-32)26(2)36)21-27-11-14-29(39-3)30(20-27)40-19-7-16-34-15-6-4-5-8-31(34)37/h9-14,20,38H,4-8,15-19,21-24H2,1-3H3. The Hall–Kier alpha value is -3.30. The zero-order chi connectivity index (χ0) is 29.2. The largest absolute Gasteiger partial charge is 0.493 e. The van der Waals surface area contributed by atoms with E-state index in [1.54, 1.807) is 12.0 Å². The van der Waals surface area contributed by atoms with Crippen molar-refractivity contribution in [3.8, 4) is 17.2 Å². The number of aryl methyl sites for hydroxylation is 1. The molecule has 9 heteroatoms. The van der Waals surface area contributed by atoms with Gasteiger partial charge in [-0.25, -0.2) is 0 Å². The molecule has 2 saturated heterocycles. The number of hydrogen-bond donors (Lipinski definition) is 1. The number of carbonyl (C=O) groups is 2. The van der Waals surface area contributed by atoms with Gasteiger partial charge in [0, 0.05) is 52.6 Å². The summed E-state index contributed by atoms with van der Waals surface area (Å²) in [5, 5.41) is 11.6. The van der Waals surface area contributed by atoms with E-state index in [4.69, 9.17) is 14.2 Å². The molecule has 41 heavy (non-hydrogen) atoms. The topological polar surface area (TPSA) is 91.8 Å². The van der Waals surface area contributed by atoms with Gasteiger partial charge in [-0.15, -0.1) is 0 Å². The quantitative estimate of drug-likeness (QED) is 0.415. The van der Waals surface area contributed by atoms with Crippen molar-refractivity contribution in [3.63, 3.8) is 0 Å². The third-order valence-electron chi connectivity index (χ3n) is 7.80. The van der Waals surface area contributed by atoms with Crippen LogP contribution < -0.4 is 14.2 Å². The van der Waals surface area contributed by atoms with Gasteiger partial charge in [0.2, 0.25) is 11.8 Å². The van der Waals surface area contributed by atoms with Crippen LogP contribution in [-0.4, -0.2) is 96.8 Å². The van der Waals surface area contributed by atoms with Crippen LogP contribution in [0.15, 0.2) is 42.5 Å². The molecule has 2 aromatic carbocycles. The molecule has 9 nitrogen and oxygen atoms in total. The first-order chi connectivity index (χ1) is 19.7. The van der Waals surface area contributed by atoms with Crippen molar-refractivity contribution in [2.24, 2.45) is 0 Å². The second kappa shape index (κ2) is 14.5. The van der Waals surface area contributed by atoms with Crippen molar-refractivity contribution in [2.75, 3.05) is 59.6 Å². The molecule has 0 saturated carbocycles. The molecule has 1 unspecified atom stereocenters. The van der Waals surface area contributed by atoms with Gasteiger partial charge in [-0.2, -0.15) is 0 Å². The molecule has 0 bridgehead atoms. The van der Waals surface area contributed by atoms with Crippen LogP contribution in [0.25, 0.3) is 0 Å². The second-order valence-corrected chi connectivity index (χ2v) is 11.4. The van der Waals surface area contributed by atoms with Crippen molar-refractivity contribution in [2.45, 2.75) is 58.1 Å². The number of likely N-dealkylation sites (tertiary alicyclic amines) is 1. The van der Waals surface area contributed by atoms with E-state index < -0.39 is 5.60 Å². The minimum atomic E-state index is -1.23. The normalized spacial score (nSPS) is 20.3. The maximum Gasteiger partial charge on any atom is 0.222 e. The van der Waals surface area contributed by atoms with E-state index in [-0.39, 0.29) is 25.0 Å². The minimum absolute atomic E-state index is 0.0670. The van der Waals surface area contributed by atoms with E-state index in [0.29, 0.717) is 63.0 Å². The van der Waals surface area contributed by atoms with Crippen molar-refractivity contribution < 1.29 is 28.9 Å². The van der Waals surface area contributed by atoms with E-state index in [2.05, 4.69) is 4.90 Å². The van der Waals surface area contributed by atoms with Gasteiger partial charge in [0.1, 0.15) is 18.0 Å². The Morgan fingerprint density at radius 2 is 1.78 bits per heavy atom. The minimum Gasteiger partial charge on any atom is -0.493 e. The van der Waals surface area contributed by atoms with Gasteiger partial charge in [0.05, 0.1) is 20.3 Å². The lowest BCUT2D eigenvalue weighted by atomic mass is 10.0. The fraction of sp³-hybridized carbons (Fsp3) is 0.562. The first-order valence-electron chi connectivity index (χ1n) is 14.7. The number of hydrogen-bond acceptors (Lipinski definition) is 7. The summed E-state index contributed by atoms with van der Waals surface area (Å²) in [4.78, 5) is 30.4. The number of rotatable bonds is 11. The van der Waals surface area contributed by atoms with Crippen LogP contribution in [0.3, 0.4) is 0 Å². The number of amides is 2. The predicted molar refractivity (Wildman–Crippen MR) is 157 cm³/mol.